The maximum absolute atomic E-state index is 9.13. The van der Waals surface area contributed by atoms with Crippen molar-refractivity contribution in [3.63, 3.8) is 0 Å². The van der Waals surface area contributed by atoms with Crippen molar-refractivity contribution < 1.29 is 0 Å². The first-order valence-electron chi connectivity index (χ1n) is 10.1. The lowest BCUT2D eigenvalue weighted by molar-refractivity contribution is 0.871. The van der Waals surface area contributed by atoms with Crippen molar-refractivity contribution in [3.8, 4) is 6.07 Å². The molecule has 6 aromatic rings. The summed E-state index contributed by atoms with van der Waals surface area (Å²) in [6, 6.07) is 36.2. The first-order chi connectivity index (χ1) is 14.8. The van der Waals surface area contributed by atoms with E-state index in [1.54, 1.807) is 0 Å². The molecule has 0 spiro atoms. The Morgan fingerprint density at radius 2 is 1.17 bits per heavy atom. The molecular formula is C28H18N2. The first kappa shape index (κ1) is 16.8. The molecule has 0 radical (unpaired) electrons. The molecule has 6 rings (SSSR count). The molecule has 2 nitrogen and oxygen atoms in total. The fourth-order valence-corrected chi connectivity index (χ4v) is 4.75. The van der Waals surface area contributed by atoms with Gasteiger partial charge in [0.05, 0.1) is 17.1 Å². The molecule has 5 aromatic carbocycles. The Balaban J connectivity index is 1.78. The summed E-state index contributed by atoms with van der Waals surface area (Å²) < 4.78 is 2.43. The number of fused-ring (bicyclic) bond motifs is 8. The van der Waals surface area contributed by atoms with Crippen LogP contribution in [0.4, 0.5) is 0 Å². The minimum Gasteiger partial charge on any atom is -0.335 e. The summed E-state index contributed by atoms with van der Waals surface area (Å²) in [6.45, 7) is 0.762. The maximum Gasteiger partial charge on any atom is 0.0991 e. The number of hydrogen-bond acceptors (Lipinski definition) is 1. The molecule has 140 valence electrons. The van der Waals surface area contributed by atoms with Gasteiger partial charge in [-0.25, -0.2) is 0 Å². The third kappa shape index (κ3) is 2.36. The number of nitriles is 1. The molecule has 0 aliphatic rings. The van der Waals surface area contributed by atoms with E-state index in [-0.39, 0.29) is 0 Å². The highest BCUT2D eigenvalue weighted by molar-refractivity contribution is 6.31. The summed E-state index contributed by atoms with van der Waals surface area (Å²) in [4.78, 5) is 0. The average Bonchev–Trinajstić information content (AvgIpc) is 3.14. The molecule has 1 aromatic heterocycles. The van der Waals surface area contributed by atoms with Gasteiger partial charge in [-0.2, -0.15) is 5.26 Å². The summed E-state index contributed by atoms with van der Waals surface area (Å²) in [5, 5.41) is 16.9. The SMILES string of the molecule is N#Cc1ccc(Cn2c3ccccc3c3c4ccccc4c4ccccc4c32)cc1. The summed E-state index contributed by atoms with van der Waals surface area (Å²) in [5.74, 6) is 0. The van der Waals surface area contributed by atoms with Gasteiger partial charge in [-0.1, -0.05) is 78.9 Å². The largest absolute Gasteiger partial charge is 0.335 e. The molecular weight excluding hydrogens is 364 g/mol. The lowest BCUT2D eigenvalue weighted by Gasteiger charge is -2.12. The van der Waals surface area contributed by atoms with Crippen molar-refractivity contribution in [2.24, 2.45) is 0 Å². The zero-order chi connectivity index (χ0) is 20.1. The predicted molar refractivity (Wildman–Crippen MR) is 125 cm³/mol. The van der Waals surface area contributed by atoms with E-state index in [1.807, 2.05) is 12.1 Å². The minimum absolute atomic E-state index is 0.692. The molecule has 0 atom stereocenters. The Morgan fingerprint density at radius 1 is 0.600 bits per heavy atom. The molecule has 0 unspecified atom stereocenters. The van der Waals surface area contributed by atoms with Crippen LogP contribution in [0.25, 0.3) is 43.4 Å². The van der Waals surface area contributed by atoms with Crippen molar-refractivity contribution in [2.45, 2.75) is 6.54 Å². The van der Waals surface area contributed by atoms with Gasteiger partial charge >= 0.3 is 0 Å². The smallest absolute Gasteiger partial charge is 0.0991 e. The lowest BCUT2D eigenvalue weighted by atomic mass is 9.97. The van der Waals surface area contributed by atoms with E-state index in [0.717, 1.165) is 6.54 Å². The van der Waals surface area contributed by atoms with E-state index in [9.17, 15) is 0 Å². The van der Waals surface area contributed by atoms with Gasteiger partial charge < -0.3 is 4.57 Å². The lowest BCUT2D eigenvalue weighted by Crippen LogP contribution is -2.00. The van der Waals surface area contributed by atoms with Crippen LogP contribution >= 0.6 is 0 Å². The molecule has 0 saturated heterocycles. The van der Waals surface area contributed by atoms with Gasteiger partial charge in [0.2, 0.25) is 0 Å². The second kappa shape index (κ2) is 6.47. The van der Waals surface area contributed by atoms with Crippen LogP contribution in [0.1, 0.15) is 11.1 Å². The third-order valence-corrected chi connectivity index (χ3v) is 6.06. The molecule has 0 amide bonds. The Morgan fingerprint density at radius 3 is 1.87 bits per heavy atom. The van der Waals surface area contributed by atoms with Crippen LogP contribution < -0.4 is 0 Å². The minimum atomic E-state index is 0.692. The van der Waals surface area contributed by atoms with E-state index in [2.05, 4.69) is 95.6 Å². The third-order valence-electron chi connectivity index (χ3n) is 6.06. The van der Waals surface area contributed by atoms with Crippen LogP contribution in [0.5, 0.6) is 0 Å². The van der Waals surface area contributed by atoms with Crippen molar-refractivity contribution in [3.05, 3.63) is 108 Å². The van der Waals surface area contributed by atoms with Crippen LogP contribution in [0.3, 0.4) is 0 Å². The first-order valence-corrected chi connectivity index (χ1v) is 10.1. The van der Waals surface area contributed by atoms with Gasteiger partial charge in [0, 0.05) is 28.2 Å². The number of nitrogens with zero attached hydrogens (tertiary/aromatic N) is 2. The van der Waals surface area contributed by atoms with Gasteiger partial charge in [-0.05, 0) is 39.9 Å². The topological polar surface area (TPSA) is 28.7 Å². The highest BCUT2D eigenvalue weighted by atomic mass is 15.0. The molecule has 0 bridgehead atoms. The van der Waals surface area contributed by atoms with Crippen molar-refractivity contribution in [2.75, 3.05) is 0 Å². The van der Waals surface area contributed by atoms with E-state index >= 15 is 0 Å². The van der Waals surface area contributed by atoms with Gasteiger partial charge in [-0.15, -0.1) is 0 Å². The van der Waals surface area contributed by atoms with E-state index in [0.29, 0.717) is 5.56 Å². The molecule has 0 aliphatic carbocycles. The van der Waals surface area contributed by atoms with Crippen molar-refractivity contribution >= 4 is 43.4 Å². The molecule has 2 heteroatoms. The van der Waals surface area contributed by atoms with E-state index in [1.165, 1.54) is 48.9 Å². The summed E-state index contributed by atoms with van der Waals surface area (Å²) >= 11 is 0. The average molecular weight is 382 g/mol. The number of para-hydroxylation sites is 1. The number of hydrogen-bond donors (Lipinski definition) is 0. The Kier molecular flexibility index (Phi) is 3.63. The molecule has 0 saturated carbocycles. The maximum atomic E-state index is 9.13. The predicted octanol–water partition coefficient (Wildman–Crippen LogP) is 7.02. The van der Waals surface area contributed by atoms with Gasteiger partial charge in [0.25, 0.3) is 0 Å². The van der Waals surface area contributed by atoms with E-state index in [4.69, 9.17) is 5.26 Å². The zero-order valence-corrected chi connectivity index (χ0v) is 16.3. The highest BCUT2D eigenvalue weighted by Gasteiger charge is 2.17. The second-order valence-electron chi connectivity index (χ2n) is 7.73. The number of benzene rings is 5. The quantitative estimate of drug-likeness (QED) is 0.296. The molecule has 0 fully saturated rings. The Hall–Kier alpha value is -4.09. The fourth-order valence-electron chi connectivity index (χ4n) is 4.75. The fraction of sp³-hybridized carbons (Fsp3) is 0.0357. The van der Waals surface area contributed by atoms with Gasteiger partial charge in [-0.3, -0.25) is 0 Å². The monoisotopic (exact) mass is 382 g/mol. The highest BCUT2D eigenvalue weighted by Crippen LogP contribution is 2.40. The molecule has 0 aliphatic heterocycles. The van der Waals surface area contributed by atoms with Gasteiger partial charge in [0.15, 0.2) is 0 Å². The Labute approximate surface area is 174 Å². The zero-order valence-electron chi connectivity index (χ0n) is 16.3. The summed E-state index contributed by atoms with van der Waals surface area (Å²) in [5.41, 5.74) is 4.39. The number of rotatable bonds is 2. The van der Waals surface area contributed by atoms with Crippen molar-refractivity contribution in [1.29, 1.82) is 5.26 Å². The van der Waals surface area contributed by atoms with Crippen LogP contribution in [0, 0.1) is 11.3 Å². The van der Waals surface area contributed by atoms with Crippen molar-refractivity contribution in [1.82, 2.24) is 4.57 Å². The normalized spacial score (nSPS) is 11.4. The summed E-state index contributed by atoms with van der Waals surface area (Å²) in [6.07, 6.45) is 0. The van der Waals surface area contributed by atoms with Crippen LogP contribution in [0.2, 0.25) is 0 Å². The molecule has 1 heterocycles. The molecule has 0 N–H and O–H groups in total. The van der Waals surface area contributed by atoms with Crippen LogP contribution in [0.15, 0.2) is 97.1 Å². The number of aromatic nitrogens is 1. The van der Waals surface area contributed by atoms with Crippen LogP contribution in [-0.2, 0) is 6.54 Å². The van der Waals surface area contributed by atoms with Crippen LogP contribution in [-0.4, -0.2) is 4.57 Å². The van der Waals surface area contributed by atoms with Gasteiger partial charge in [0.1, 0.15) is 0 Å². The Bertz CT molecular complexity index is 1610. The standard InChI is InChI=1S/C28H18N2/c29-17-19-13-15-20(16-14-19)18-30-26-12-6-5-11-25(26)27-23-9-3-1-7-21(23)22-8-2-4-10-24(22)28(27)30/h1-16H,18H2. The molecule has 30 heavy (non-hydrogen) atoms. The summed E-state index contributed by atoms with van der Waals surface area (Å²) in [7, 11) is 0. The van der Waals surface area contributed by atoms with E-state index < -0.39 is 0 Å². The second-order valence-corrected chi connectivity index (χ2v) is 7.73.